The second-order valence-corrected chi connectivity index (χ2v) is 8.97. The molecule has 1 fully saturated rings. The number of aromatic nitrogens is 6. The smallest absolute Gasteiger partial charge is 0.226 e. The van der Waals surface area contributed by atoms with E-state index in [1.54, 1.807) is 12.5 Å². The molecule has 0 amide bonds. The van der Waals surface area contributed by atoms with Gasteiger partial charge in [-0.25, -0.2) is 24.9 Å². The van der Waals surface area contributed by atoms with Crippen LogP contribution in [0.4, 0.5) is 17.5 Å². The van der Waals surface area contributed by atoms with Crippen molar-refractivity contribution in [3.8, 4) is 11.5 Å². The van der Waals surface area contributed by atoms with E-state index in [2.05, 4.69) is 30.2 Å². The Morgan fingerprint density at radius 2 is 2.00 bits per heavy atom. The highest BCUT2D eigenvalue weighted by molar-refractivity contribution is 5.87. The van der Waals surface area contributed by atoms with Crippen molar-refractivity contribution in [1.29, 1.82) is 0 Å². The summed E-state index contributed by atoms with van der Waals surface area (Å²) >= 11 is 0. The molecule has 0 unspecified atom stereocenters. The molecular formula is C26H26N8O2. The number of nitrogens with zero attached hydrogens (tertiary/aromatic N) is 7. The van der Waals surface area contributed by atoms with E-state index < -0.39 is 0 Å². The van der Waals surface area contributed by atoms with Gasteiger partial charge in [-0.15, -0.1) is 0 Å². The highest BCUT2D eigenvalue weighted by Gasteiger charge is 2.23. The van der Waals surface area contributed by atoms with Gasteiger partial charge in [0.2, 0.25) is 5.95 Å². The summed E-state index contributed by atoms with van der Waals surface area (Å²) in [6.45, 7) is 3.45. The van der Waals surface area contributed by atoms with Crippen LogP contribution in [-0.4, -0.2) is 55.8 Å². The van der Waals surface area contributed by atoms with E-state index in [1.165, 1.54) is 6.33 Å². The Bertz CT molecular complexity index is 1560. The second kappa shape index (κ2) is 9.04. The van der Waals surface area contributed by atoms with E-state index in [9.17, 15) is 0 Å². The normalized spacial score (nSPS) is 15.5. The van der Waals surface area contributed by atoms with E-state index in [-0.39, 0.29) is 6.04 Å². The van der Waals surface area contributed by atoms with Gasteiger partial charge in [0.25, 0.3) is 0 Å². The van der Waals surface area contributed by atoms with Crippen molar-refractivity contribution in [2.75, 3.05) is 30.5 Å². The van der Waals surface area contributed by atoms with Crippen LogP contribution in [0.1, 0.15) is 12.0 Å². The first-order valence-corrected chi connectivity index (χ1v) is 11.8. The van der Waals surface area contributed by atoms with E-state index in [1.807, 2.05) is 62.0 Å². The van der Waals surface area contributed by atoms with Gasteiger partial charge < -0.3 is 24.3 Å². The first kappa shape index (κ1) is 22.2. The third-order valence-electron chi connectivity index (χ3n) is 6.50. The molecule has 0 aliphatic carbocycles. The molecule has 10 heteroatoms. The number of aryl methyl sites for hydroxylation is 2. The summed E-state index contributed by atoms with van der Waals surface area (Å²) < 4.78 is 13.7. The topological polar surface area (TPSA) is 103 Å². The molecule has 1 saturated heterocycles. The van der Waals surface area contributed by atoms with Crippen LogP contribution in [0, 0.1) is 6.92 Å². The van der Waals surface area contributed by atoms with Gasteiger partial charge in [-0.3, -0.25) is 0 Å². The minimum Gasteiger partial charge on any atom is -0.457 e. The zero-order chi connectivity index (χ0) is 24.6. The summed E-state index contributed by atoms with van der Waals surface area (Å²) in [4.78, 5) is 24.5. The number of imidazole rings is 1. The number of fused-ring (bicyclic) bond motifs is 2. The molecule has 0 radical (unpaired) electrons. The third kappa shape index (κ3) is 4.16. The number of rotatable bonds is 6. The maximum absolute atomic E-state index is 6.15. The molecule has 4 heterocycles. The van der Waals surface area contributed by atoms with E-state index >= 15 is 0 Å². The van der Waals surface area contributed by atoms with Crippen LogP contribution in [-0.2, 0) is 11.8 Å². The average Bonchev–Trinajstić information content (AvgIpc) is 3.56. The van der Waals surface area contributed by atoms with Gasteiger partial charge in [0.1, 0.15) is 28.9 Å². The lowest BCUT2D eigenvalue weighted by Crippen LogP contribution is -2.33. The number of benzene rings is 2. The summed E-state index contributed by atoms with van der Waals surface area (Å²) in [6.07, 6.45) is 6.00. The van der Waals surface area contributed by atoms with Gasteiger partial charge in [-0.1, -0.05) is 0 Å². The molecular weight excluding hydrogens is 456 g/mol. The van der Waals surface area contributed by atoms with Gasteiger partial charge in [-0.05, 0) is 49.2 Å². The SMILES string of the molecule is Cc1cc(Nc2ncnc3cnc(N(C)[C@@H]4CCOC4)nc23)ccc1Oc1ccc2c(c1)ncn2C. The van der Waals surface area contributed by atoms with Gasteiger partial charge in [-0.2, -0.15) is 0 Å². The molecule has 1 aliphatic rings. The van der Waals surface area contributed by atoms with Gasteiger partial charge >= 0.3 is 0 Å². The first-order valence-electron chi connectivity index (χ1n) is 11.8. The Balaban J connectivity index is 1.24. The van der Waals surface area contributed by atoms with Gasteiger partial charge in [0, 0.05) is 32.5 Å². The third-order valence-corrected chi connectivity index (χ3v) is 6.50. The van der Waals surface area contributed by atoms with Gasteiger partial charge in [0.15, 0.2) is 5.82 Å². The maximum Gasteiger partial charge on any atom is 0.226 e. The van der Waals surface area contributed by atoms with E-state index in [0.29, 0.717) is 29.4 Å². The molecule has 36 heavy (non-hydrogen) atoms. The monoisotopic (exact) mass is 482 g/mol. The van der Waals surface area contributed by atoms with Gasteiger partial charge in [0.05, 0.1) is 36.2 Å². The van der Waals surface area contributed by atoms with Crippen molar-refractivity contribution in [2.45, 2.75) is 19.4 Å². The summed E-state index contributed by atoms with van der Waals surface area (Å²) in [7, 11) is 3.97. The van der Waals surface area contributed by atoms with Crippen LogP contribution in [0.2, 0.25) is 0 Å². The Labute approximate surface area is 208 Å². The van der Waals surface area contributed by atoms with Crippen LogP contribution in [0.25, 0.3) is 22.1 Å². The zero-order valence-corrected chi connectivity index (χ0v) is 20.3. The molecule has 6 rings (SSSR count). The molecule has 10 nitrogen and oxygen atoms in total. The quantitative estimate of drug-likeness (QED) is 0.378. The number of nitrogens with one attached hydrogen (secondary N) is 1. The Morgan fingerprint density at radius 1 is 1.08 bits per heavy atom. The van der Waals surface area contributed by atoms with Crippen molar-refractivity contribution >= 4 is 39.5 Å². The lowest BCUT2D eigenvalue weighted by atomic mass is 10.2. The predicted molar refractivity (Wildman–Crippen MR) is 138 cm³/mol. The molecule has 0 spiro atoms. The Morgan fingerprint density at radius 3 is 2.83 bits per heavy atom. The average molecular weight is 483 g/mol. The maximum atomic E-state index is 6.15. The van der Waals surface area contributed by atoms with Crippen molar-refractivity contribution in [3.05, 3.63) is 60.8 Å². The van der Waals surface area contributed by atoms with Crippen LogP contribution in [0.3, 0.4) is 0 Å². The van der Waals surface area contributed by atoms with Crippen molar-refractivity contribution in [3.63, 3.8) is 0 Å². The second-order valence-electron chi connectivity index (χ2n) is 8.97. The molecule has 5 aromatic rings. The molecule has 182 valence electrons. The van der Waals surface area contributed by atoms with E-state index in [4.69, 9.17) is 14.5 Å². The predicted octanol–water partition coefficient (Wildman–Crippen LogP) is 4.38. The number of ether oxygens (including phenoxy) is 2. The number of hydrogen-bond acceptors (Lipinski definition) is 9. The largest absolute Gasteiger partial charge is 0.457 e. The van der Waals surface area contributed by atoms with Crippen LogP contribution in [0.5, 0.6) is 11.5 Å². The molecule has 2 aromatic carbocycles. The highest BCUT2D eigenvalue weighted by Crippen LogP contribution is 2.31. The minimum atomic E-state index is 0.261. The van der Waals surface area contributed by atoms with Crippen LogP contribution >= 0.6 is 0 Å². The zero-order valence-electron chi connectivity index (χ0n) is 20.3. The number of anilines is 3. The van der Waals surface area contributed by atoms with Crippen molar-refractivity contribution < 1.29 is 9.47 Å². The first-order chi connectivity index (χ1) is 17.5. The fourth-order valence-electron chi connectivity index (χ4n) is 4.38. The fourth-order valence-corrected chi connectivity index (χ4v) is 4.38. The summed E-state index contributed by atoms with van der Waals surface area (Å²) in [5.41, 5.74) is 5.15. The number of likely N-dealkylation sites (N-methyl/N-ethyl adjacent to an activating group) is 1. The van der Waals surface area contributed by atoms with Crippen molar-refractivity contribution in [2.24, 2.45) is 7.05 Å². The minimum absolute atomic E-state index is 0.261. The molecule has 0 bridgehead atoms. The van der Waals surface area contributed by atoms with Crippen molar-refractivity contribution in [1.82, 2.24) is 29.5 Å². The highest BCUT2D eigenvalue weighted by atomic mass is 16.5. The lowest BCUT2D eigenvalue weighted by Gasteiger charge is -2.23. The lowest BCUT2D eigenvalue weighted by molar-refractivity contribution is 0.193. The Hall–Kier alpha value is -4.31. The van der Waals surface area contributed by atoms with Crippen LogP contribution in [0.15, 0.2) is 55.2 Å². The van der Waals surface area contributed by atoms with Crippen LogP contribution < -0.4 is 15.0 Å². The Kier molecular flexibility index (Phi) is 5.57. The number of hydrogen-bond donors (Lipinski definition) is 1. The molecule has 1 N–H and O–H groups in total. The molecule has 1 aliphatic heterocycles. The summed E-state index contributed by atoms with van der Waals surface area (Å²) in [6, 6.07) is 12.1. The van der Waals surface area contributed by atoms with E-state index in [0.717, 1.165) is 46.8 Å². The standard InChI is InChI=1S/C26H26N8O2/c1-16-10-17(4-7-23(16)36-19-5-6-22-20(11-19)30-15-33(22)2)31-25-24-21(28-14-29-25)12-27-26(32-24)34(3)18-8-9-35-13-18/h4-7,10-12,14-15,18H,8-9,13H2,1-3H3,(H,28,29,31)/t18-/m1/s1. The fraction of sp³-hybridized carbons (Fsp3) is 0.269. The molecule has 1 atom stereocenters. The summed E-state index contributed by atoms with van der Waals surface area (Å²) in [5.74, 6) is 2.76. The summed E-state index contributed by atoms with van der Waals surface area (Å²) in [5, 5.41) is 3.39. The molecule has 0 saturated carbocycles. The molecule has 3 aromatic heterocycles.